The molecule has 0 spiro atoms. The topological polar surface area (TPSA) is 66.8 Å². The van der Waals surface area contributed by atoms with E-state index in [0.717, 1.165) is 25.7 Å². The van der Waals surface area contributed by atoms with Crippen LogP contribution in [0.4, 0.5) is 0 Å². The van der Waals surface area contributed by atoms with Crippen LogP contribution in [0, 0.1) is 11.8 Å². The second-order valence-electron chi connectivity index (χ2n) is 8.27. The minimum atomic E-state index is -0.577. The van der Waals surface area contributed by atoms with E-state index >= 15 is 0 Å². The number of aliphatic hydroxyl groups is 1. The summed E-state index contributed by atoms with van der Waals surface area (Å²) in [6, 6.07) is -0.573. The van der Waals surface area contributed by atoms with Crippen molar-refractivity contribution in [2.75, 3.05) is 6.54 Å². The summed E-state index contributed by atoms with van der Waals surface area (Å²) in [5.74, 6) is -0.566. The minimum absolute atomic E-state index is 0.0137. The molecule has 1 saturated carbocycles. The zero-order valence-electron chi connectivity index (χ0n) is 16.2. The first-order valence-electron chi connectivity index (χ1n) is 9.28. The van der Waals surface area contributed by atoms with Gasteiger partial charge in [-0.1, -0.05) is 27.2 Å². The molecule has 0 heterocycles. The minimum Gasteiger partial charge on any atom is -0.458 e. The van der Waals surface area contributed by atoms with Crippen molar-refractivity contribution in [2.45, 2.75) is 91.4 Å². The van der Waals surface area contributed by atoms with Crippen LogP contribution in [0.15, 0.2) is 0 Å². The Balaban J connectivity index is 2.99. The second-order valence-corrected chi connectivity index (χ2v) is 8.27. The van der Waals surface area contributed by atoms with Crippen LogP contribution in [0.3, 0.4) is 0 Å². The number of amides is 1. The van der Waals surface area contributed by atoms with E-state index in [1.807, 2.05) is 41.5 Å². The van der Waals surface area contributed by atoms with E-state index in [1.165, 1.54) is 0 Å². The van der Waals surface area contributed by atoms with E-state index in [2.05, 4.69) is 0 Å². The van der Waals surface area contributed by atoms with E-state index in [4.69, 9.17) is 4.74 Å². The highest BCUT2D eigenvalue weighted by molar-refractivity contribution is 5.86. The summed E-state index contributed by atoms with van der Waals surface area (Å²) in [6.45, 7) is 11.9. The maximum atomic E-state index is 13.1. The zero-order valence-corrected chi connectivity index (χ0v) is 16.2. The van der Waals surface area contributed by atoms with Gasteiger partial charge in [0.05, 0.1) is 6.10 Å². The molecule has 1 fully saturated rings. The van der Waals surface area contributed by atoms with Gasteiger partial charge in [0.2, 0.25) is 5.91 Å². The third-order valence-electron chi connectivity index (χ3n) is 4.36. The first-order chi connectivity index (χ1) is 11.1. The fraction of sp³-hybridized carbons (Fsp3) is 0.895. The number of aliphatic hydroxyl groups excluding tert-OH is 1. The average molecular weight is 341 g/mol. The highest BCUT2D eigenvalue weighted by Gasteiger charge is 2.38. The molecule has 0 aliphatic heterocycles. The molecule has 0 radical (unpaired) electrons. The van der Waals surface area contributed by atoms with Gasteiger partial charge in [-0.15, -0.1) is 0 Å². The van der Waals surface area contributed by atoms with Crippen LogP contribution in [0.2, 0.25) is 0 Å². The number of hydrogen-bond acceptors (Lipinski definition) is 4. The Hall–Kier alpha value is -1.10. The van der Waals surface area contributed by atoms with Crippen LogP contribution in [0.25, 0.3) is 0 Å². The number of nitrogens with zero attached hydrogens (tertiary/aromatic N) is 1. The van der Waals surface area contributed by atoms with E-state index in [0.29, 0.717) is 13.0 Å². The van der Waals surface area contributed by atoms with Crippen molar-refractivity contribution in [1.82, 2.24) is 4.90 Å². The lowest BCUT2D eigenvalue weighted by Crippen LogP contribution is -2.52. The lowest BCUT2D eigenvalue weighted by Gasteiger charge is -2.37. The molecule has 1 aliphatic carbocycles. The summed E-state index contributed by atoms with van der Waals surface area (Å²) in [7, 11) is 0. The van der Waals surface area contributed by atoms with E-state index in [-0.39, 0.29) is 23.7 Å². The van der Waals surface area contributed by atoms with Gasteiger partial charge in [-0.25, -0.2) is 4.79 Å². The van der Waals surface area contributed by atoms with Crippen LogP contribution in [-0.2, 0) is 14.3 Å². The average Bonchev–Trinajstić information content (AvgIpc) is 2.43. The first-order valence-corrected chi connectivity index (χ1v) is 9.28. The number of carbonyl (C=O) groups is 2. The highest BCUT2D eigenvalue weighted by Crippen LogP contribution is 2.28. The van der Waals surface area contributed by atoms with Crippen molar-refractivity contribution in [1.29, 1.82) is 0 Å². The summed E-state index contributed by atoms with van der Waals surface area (Å²) < 4.78 is 5.56. The van der Waals surface area contributed by atoms with Gasteiger partial charge in [0.1, 0.15) is 11.6 Å². The summed E-state index contributed by atoms with van der Waals surface area (Å²) in [5.41, 5.74) is -0.577. The van der Waals surface area contributed by atoms with E-state index in [9.17, 15) is 14.7 Å². The van der Waals surface area contributed by atoms with Gasteiger partial charge in [0, 0.05) is 12.5 Å². The SMILES string of the molecule is CCCN(C(=O)[C@H]1CCC[C@@H](O)C1)C(C(=O)OC(C)(C)C)C(C)C. The maximum absolute atomic E-state index is 13.1. The Morgan fingerprint density at radius 3 is 2.33 bits per heavy atom. The molecule has 1 rings (SSSR count). The predicted octanol–water partition coefficient (Wildman–Crippen LogP) is 3.14. The summed E-state index contributed by atoms with van der Waals surface area (Å²) >= 11 is 0. The molecule has 1 N–H and O–H groups in total. The Kier molecular flexibility index (Phi) is 7.71. The van der Waals surface area contributed by atoms with Gasteiger partial charge >= 0.3 is 5.97 Å². The van der Waals surface area contributed by atoms with Gasteiger partial charge in [-0.3, -0.25) is 4.79 Å². The van der Waals surface area contributed by atoms with E-state index in [1.54, 1.807) is 4.90 Å². The molecule has 0 saturated heterocycles. The molecule has 0 aromatic heterocycles. The predicted molar refractivity (Wildman–Crippen MR) is 94.4 cm³/mol. The fourth-order valence-corrected chi connectivity index (χ4v) is 3.37. The smallest absolute Gasteiger partial charge is 0.329 e. The molecule has 0 bridgehead atoms. The van der Waals surface area contributed by atoms with Crippen LogP contribution in [0.5, 0.6) is 0 Å². The molecule has 5 nitrogen and oxygen atoms in total. The lowest BCUT2D eigenvalue weighted by molar-refractivity contribution is -0.168. The van der Waals surface area contributed by atoms with Crippen molar-refractivity contribution in [3.8, 4) is 0 Å². The monoisotopic (exact) mass is 341 g/mol. The quantitative estimate of drug-likeness (QED) is 0.754. The number of rotatable bonds is 6. The van der Waals surface area contributed by atoms with E-state index < -0.39 is 17.7 Å². The maximum Gasteiger partial charge on any atom is 0.329 e. The molecule has 1 unspecified atom stereocenters. The number of hydrogen-bond donors (Lipinski definition) is 1. The van der Waals surface area contributed by atoms with Crippen LogP contribution < -0.4 is 0 Å². The van der Waals surface area contributed by atoms with Crippen molar-refractivity contribution in [3.63, 3.8) is 0 Å². The summed E-state index contributed by atoms with van der Waals surface area (Å²) in [6.07, 6.45) is 3.28. The Bertz CT molecular complexity index is 428. The van der Waals surface area contributed by atoms with Crippen LogP contribution >= 0.6 is 0 Å². The second kappa shape index (κ2) is 8.84. The van der Waals surface area contributed by atoms with Crippen molar-refractivity contribution in [2.24, 2.45) is 11.8 Å². The standard InChI is InChI=1S/C19H35NO4/c1-7-11-20(17(22)14-9-8-10-15(21)12-14)16(13(2)3)18(23)24-19(4,5)6/h13-16,21H,7-12H2,1-6H3/t14-,15+,16?/m0/s1. The Morgan fingerprint density at radius 2 is 1.88 bits per heavy atom. The molecule has 24 heavy (non-hydrogen) atoms. The molecule has 0 aromatic rings. The summed E-state index contributed by atoms with van der Waals surface area (Å²) in [5, 5.41) is 9.89. The van der Waals surface area contributed by atoms with Crippen molar-refractivity contribution < 1.29 is 19.4 Å². The van der Waals surface area contributed by atoms with Gasteiger partial charge in [-0.2, -0.15) is 0 Å². The lowest BCUT2D eigenvalue weighted by atomic mass is 9.85. The van der Waals surface area contributed by atoms with Crippen LogP contribution in [-0.4, -0.2) is 46.2 Å². The Morgan fingerprint density at radius 1 is 1.25 bits per heavy atom. The molecule has 1 amide bonds. The van der Waals surface area contributed by atoms with Gasteiger partial charge in [0.15, 0.2) is 0 Å². The van der Waals surface area contributed by atoms with Gasteiger partial charge in [0.25, 0.3) is 0 Å². The third-order valence-corrected chi connectivity index (χ3v) is 4.36. The van der Waals surface area contributed by atoms with Gasteiger partial charge in [-0.05, 0) is 52.4 Å². The number of carbonyl (C=O) groups excluding carboxylic acids is 2. The normalized spacial score (nSPS) is 23.0. The van der Waals surface area contributed by atoms with Crippen molar-refractivity contribution in [3.05, 3.63) is 0 Å². The molecule has 5 heteroatoms. The fourth-order valence-electron chi connectivity index (χ4n) is 3.37. The molecule has 140 valence electrons. The highest BCUT2D eigenvalue weighted by atomic mass is 16.6. The largest absolute Gasteiger partial charge is 0.458 e. The van der Waals surface area contributed by atoms with Gasteiger partial charge < -0.3 is 14.7 Å². The molecule has 3 atom stereocenters. The van der Waals surface area contributed by atoms with Crippen LogP contribution in [0.1, 0.15) is 73.6 Å². The Labute approximate surface area is 146 Å². The molecular weight excluding hydrogens is 306 g/mol. The van der Waals surface area contributed by atoms with Crippen molar-refractivity contribution >= 4 is 11.9 Å². The molecular formula is C19H35NO4. The first kappa shape index (κ1) is 20.9. The zero-order chi connectivity index (χ0) is 18.5. The number of esters is 1. The third kappa shape index (κ3) is 6.08. The number of ether oxygens (including phenoxy) is 1. The summed E-state index contributed by atoms with van der Waals surface area (Å²) in [4.78, 5) is 27.5. The molecule has 0 aromatic carbocycles. The molecule has 1 aliphatic rings.